The van der Waals surface area contributed by atoms with Gasteiger partial charge in [0.1, 0.15) is 11.6 Å². The lowest BCUT2D eigenvalue weighted by Gasteiger charge is -2.08. The van der Waals surface area contributed by atoms with E-state index in [0.717, 1.165) is 46.9 Å². The van der Waals surface area contributed by atoms with E-state index in [0.29, 0.717) is 6.42 Å². The average Bonchev–Trinajstić information content (AvgIpc) is 3.55. The van der Waals surface area contributed by atoms with E-state index >= 15 is 0 Å². The zero-order valence-corrected chi connectivity index (χ0v) is 21.7. The highest BCUT2D eigenvalue weighted by molar-refractivity contribution is 7.89. The highest BCUT2D eigenvalue weighted by Crippen LogP contribution is 2.29. The van der Waals surface area contributed by atoms with Crippen LogP contribution in [0.2, 0.25) is 0 Å². The zero-order chi connectivity index (χ0) is 24.7. The Bertz CT molecular complexity index is 1310. The van der Waals surface area contributed by atoms with E-state index in [4.69, 9.17) is 9.72 Å². The summed E-state index contributed by atoms with van der Waals surface area (Å²) in [5.41, 5.74) is 4.81. The summed E-state index contributed by atoms with van der Waals surface area (Å²) in [6.45, 7) is 2.43. The quantitative estimate of drug-likeness (QED) is 0.227. The van der Waals surface area contributed by atoms with Crippen molar-refractivity contribution in [3.63, 3.8) is 0 Å². The van der Waals surface area contributed by atoms with E-state index in [1.165, 1.54) is 18.4 Å². The van der Waals surface area contributed by atoms with Gasteiger partial charge in [0.05, 0.1) is 17.7 Å². The van der Waals surface area contributed by atoms with Gasteiger partial charge in [-0.05, 0) is 66.2 Å². The van der Waals surface area contributed by atoms with Crippen LogP contribution in [0.4, 0.5) is 0 Å². The van der Waals surface area contributed by atoms with Gasteiger partial charge in [-0.15, -0.1) is 0 Å². The summed E-state index contributed by atoms with van der Waals surface area (Å²) >= 11 is 1.61. The van der Waals surface area contributed by atoms with Crippen LogP contribution < -0.4 is 9.46 Å². The molecule has 2 aromatic heterocycles. The molecule has 6 nitrogen and oxygen atoms in total. The van der Waals surface area contributed by atoms with Crippen LogP contribution in [0.15, 0.2) is 70.3 Å². The van der Waals surface area contributed by atoms with E-state index in [1.807, 2.05) is 53.2 Å². The number of nitrogens with zero attached hydrogens (tertiary/aromatic N) is 1. The summed E-state index contributed by atoms with van der Waals surface area (Å²) in [6, 6.07) is 16.9. The van der Waals surface area contributed by atoms with Crippen LogP contribution in [-0.4, -0.2) is 32.0 Å². The van der Waals surface area contributed by atoms with Crippen molar-refractivity contribution in [1.29, 1.82) is 0 Å². The van der Waals surface area contributed by atoms with Gasteiger partial charge in [-0.25, -0.2) is 18.1 Å². The molecule has 0 aliphatic carbocycles. The van der Waals surface area contributed by atoms with Gasteiger partial charge in [0.15, 0.2) is 0 Å². The molecule has 4 aromatic rings. The monoisotopic (exact) mass is 509 g/mol. The molecule has 0 radical (unpaired) electrons. The Morgan fingerprint density at radius 1 is 0.971 bits per heavy atom. The number of thiophene rings is 1. The number of imidazole rings is 1. The van der Waals surface area contributed by atoms with E-state index in [-0.39, 0.29) is 11.4 Å². The summed E-state index contributed by atoms with van der Waals surface area (Å²) in [4.78, 5) is 8.51. The first-order valence-corrected chi connectivity index (χ1v) is 14.3. The van der Waals surface area contributed by atoms with Gasteiger partial charge in [-0.1, -0.05) is 31.9 Å². The third-order valence-corrected chi connectivity index (χ3v) is 8.07. The molecule has 4 rings (SSSR count). The second-order valence-electron chi connectivity index (χ2n) is 8.40. The van der Waals surface area contributed by atoms with Crippen LogP contribution in [0.25, 0.3) is 22.6 Å². The number of aromatic amines is 1. The molecule has 2 N–H and O–H groups in total. The topological polar surface area (TPSA) is 84.1 Å². The SMILES string of the molecule is CCCCCc1ccc(S(=O)(=O)NCCc2[nH]c(-c3ccsc3)nc2-c2ccc(OC)cc2)cc1. The Balaban J connectivity index is 1.47. The predicted molar refractivity (Wildman–Crippen MR) is 142 cm³/mol. The molecule has 0 aliphatic heterocycles. The first-order chi connectivity index (χ1) is 17.0. The number of rotatable bonds is 12. The minimum Gasteiger partial charge on any atom is -0.497 e. The molecule has 2 heterocycles. The van der Waals surface area contributed by atoms with Gasteiger partial charge in [0.25, 0.3) is 0 Å². The number of H-pyrrole nitrogens is 1. The predicted octanol–water partition coefficient (Wildman–Crippen LogP) is 6.07. The number of ether oxygens (including phenoxy) is 1. The minimum absolute atomic E-state index is 0.259. The van der Waals surface area contributed by atoms with Gasteiger partial charge in [0.2, 0.25) is 10.0 Å². The Hall–Kier alpha value is -2.94. The molecule has 184 valence electrons. The van der Waals surface area contributed by atoms with E-state index in [2.05, 4.69) is 16.6 Å². The van der Waals surface area contributed by atoms with Crippen molar-refractivity contribution < 1.29 is 13.2 Å². The van der Waals surface area contributed by atoms with Gasteiger partial charge in [-0.2, -0.15) is 11.3 Å². The van der Waals surface area contributed by atoms with Crippen LogP contribution in [0.3, 0.4) is 0 Å². The van der Waals surface area contributed by atoms with E-state index in [1.54, 1.807) is 30.6 Å². The second-order valence-corrected chi connectivity index (χ2v) is 10.9. The van der Waals surface area contributed by atoms with Crippen molar-refractivity contribution in [2.24, 2.45) is 0 Å². The number of sulfonamides is 1. The summed E-state index contributed by atoms with van der Waals surface area (Å²) in [5.74, 6) is 1.54. The fourth-order valence-electron chi connectivity index (χ4n) is 3.92. The number of hydrogen-bond acceptors (Lipinski definition) is 5. The van der Waals surface area contributed by atoms with Crippen molar-refractivity contribution in [2.75, 3.05) is 13.7 Å². The first kappa shape index (κ1) is 25.2. The van der Waals surface area contributed by atoms with Crippen molar-refractivity contribution in [3.8, 4) is 28.4 Å². The molecule has 0 unspecified atom stereocenters. The summed E-state index contributed by atoms with van der Waals surface area (Å²) in [5, 5.41) is 4.04. The molecule has 0 saturated carbocycles. The van der Waals surface area contributed by atoms with Gasteiger partial charge in [-0.3, -0.25) is 0 Å². The lowest BCUT2D eigenvalue weighted by molar-refractivity contribution is 0.415. The number of aromatic nitrogens is 2. The fraction of sp³-hybridized carbons (Fsp3) is 0.296. The maximum atomic E-state index is 12.9. The first-order valence-electron chi connectivity index (χ1n) is 11.8. The van der Waals surface area contributed by atoms with Crippen LogP contribution in [-0.2, 0) is 22.9 Å². The molecule has 8 heteroatoms. The Morgan fingerprint density at radius 2 is 1.74 bits per heavy atom. The van der Waals surface area contributed by atoms with Gasteiger partial charge < -0.3 is 9.72 Å². The van der Waals surface area contributed by atoms with E-state index in [9.17, 15) is 8.42 Å². The lowest BCUT2D eigenvalue weighted by Crippen LogP contribution is -2.26. The smallest absolute Gasteiger partial charge is 0.240 e. The molecule has 0 saturated heterocycles. The highest BCUT2D eigenvalue weighted by Gasteiger charge is 2.17. The zero-order valence-electron chi connectivity index (χ0n) is 20.1. The maximum Gasteiger partial charge on any atom is 0.240 e. The molecule has 0 atom stereocenters. The lowest BCUT2D eigenvalue weighted by atomic mass is 10.1. The number of hydrogen-bond donors (Lipinski definition) is 2. The number of benzene rings is 2. The van der Waals surface area contributed by atoms with Crippen molar-refractivity contribution in [1.82, 2.24) is 14.7 Å². The van der Waals surface area contributed by atoms with Crippen LogP contribution >= 0.6 is 11.3 Å². The van der Waals surface area contributed by atoms with Crippen molar-refractivity contribution >= 4 is 21.4 Å². The molecule has 35 heavy (non-hydrogen) atoms. The largest absolute Gasteiger partial charge is 0.497 e. The third-order valence-electron chi connectivity index (χ3n) is 5.91. The Labute approximate surface area is 211 Å². The molecule has 2 aromatic carbocycles. The van der Waals surface area contributed by atoms with Crippen LogP contribution in [0.1, 0.15) is 37.4 Å². The molecule has 0 fully saturated rings. The van der Waals surface area contributed by atoms with E-state index < -0.39 is 10.0 Å². The molecule has 0 amide bonds. The Kier molecular flexibility index (Phi) is 8.38. The van der Waals surface area contributed by atoms with Crippen LogP contribution in [0.5, 0.6) is 5.75 Å². The molecule has 0 aliphatic rings. The molecule has 0 bridgehead atoms. The molecular formula is C27H31N3O3S2. The summed E-state index contributed by atoms with van der Waals surface area (Å²) < 4.78 is 33.7. The number of methoxy groups -OCH3 is 1. The number of unbranched alkanes of at least 4 members (excludes halogenated alkanes) is 2. The summed E-state index contributed by atoms with van der Waals surface area (Å²) in [7, 11) is -1.96. The standard InChI is InChI=1S/C27H31N3O3S2/c1-3-4-5-6-20-7-13-24(14-8-20)35(31,32)28-17-15-25-26(21-9-11-23(33-2)12-10-21)30-27(29-25)22-16-18-34-19-22/h7-14,16,18-19,28H,3-6,15,17H2,1-2H3,(H,29,30). The van der Waals surface area contributed by atoms with Crippen LogP contribution in [0, 0.1) is 0 Å². The van der Waals surface area contributed by atoms with Crippen molar-refractivity contribution in [3.05, 3.63) is 76.6 Å². The molecule has 0 spiro atoms. The maximum absolute atomic E-state index is 12.9. The highest BCUT2D eigenvalue weighted by atomic mass is 32.2. The normalized spacial score (nSPS) is 11.6. The van der Waals surface area contributed by atoms with Gasteiger partial charge >= 0.3 is 0 Å². The molecular weight excluding hydrogens is 478 g/mol. The fourth-order valence-corrected chi connectivity index (χ4v) is 5.59. The summed E-state index contributed by atoms with van der Waals surface area (Å²) in [6.07, 6.45) is 4.92. The third kappa shape index (κ3) is 6.39. The second kappa shape index (κ2) is 11.7. The van der Waals surface area contributed by atoms with Gasteiger partial charge in [0, 0.05) is 35.2 Å². The minimum atomic E-state index is -3.59. The average molecular weight is 510 g/mol. The number of nitrogens with one attached hydrogen (secondary N) is 2. The Morgan fingerprint density at radius 3 is 2.40 bits per heavy atom. The number of aryl methyl sites for hydroxylation is 1. The van der Waals surface area contributed by atoms with Crippen molar-refractivity contribution in [2.45, 2.75) is 43.9 Å².